The van der Waals surface area contributed by atoms with Crippen LogP contribution in [0, 0.1) is 18.6 Å². The van der Waals surface area contributed by atoms with Gasteiger partial charge in [0.05, 0.1) is 12.2 Å². The van der Waals surface area contributed by atoms with Crippen LogP contribution >= 0.6 is 0 Å². The van der Waals surface area contributed by atoms with Gasteiger partial charge in [-0.05, 0) is 19.1 Å². The fourth-order valence-corrected chi connectivity index (χ4v) is 1.48. The normalized spacial score (nSPS) is 11.7. The third kappa shape index (κ3) is 3.74. The molecule has 6 nitrogen and oxygen atoms in total. The highest BCUT2D eigenvalue weighted by molar-refractivity contribution is 5.92. The number of aromatic nitrogens is 2. The van der Waals surface area contributed by atoms with Crippen LogP contribution in [-0.2, 0) is 6.42 Å². The number of rotatable bonds is 4. The van der Waals surface area contributed by atoms with Crippen LogP contribution in [-0.4, -0.2) is 22.6 Å². The topological polar surface area (TPSA) is 89.3 Å². The number of nitrogens with one attached hydrogen (secondary N) is 1. The molecule has 0 bridgehead atoms. The summed E-state index contributed by atoms with van der Waals surface area (Å²) in [7, 11) is 0. The lowest BCUT2D eigenvalue weighted by molar-refractivity contribution is 0.376. The van der Waals surface area contributed by atoms with Crippen molar-refractivity contribution in [3.05, 3.63) is 41.5 Å². The molecule has 0 fully saturated rings. The zero-order valence-corrected chi connectivity index (χ0v) is 10.7. The van der Waals surface area contributed by atoms with Gasteiger partial charge in [0.2, 0.25) is 5.89 Å². The third-order valence-corrected chi connectivity index (χ3v) is 2.37. The number of nitrogens with zero attached hydrogens (tertiary/aromatic N) is 3. The van der Waals surface area contributed by atoms with E-state index in [1.807, 2.05) is 0 Å². The molecule has 1 aromatic heterocycles. The van der Waals surface area contributed by atoms with Crippen molar-refractivity contribution in [3.8, 4) is 0 Å². The summed E-state index contributed by atoms with van der Waals surface area (Å²) in [4.78, 5) is 7.96. The van der Waals surface area contributed by atoms with Gasteiger partial charge < -0.3 is 15.6 Å². The lowest BCUT2D eigenvalue weighted by atomic mass is 10.3. The summed E-state index contributed by atoms with van der Waals surface area (Å²) < 4.78 is 31.2. The molecule has 3 N–H and O–H groups in total. The van der Waals surface area contributed by atoms with Gasteiger partial charge in [0.1, 0.15) is 11.6 Å². The number of hydrogen-bond donors (Lipinski definition) is 2. The van der Waals surface area contributed by atoms with Gasteiger partial charge in [0.25, 0.3) is 0 Å². The second-order valence-electron chi connectivity index (χ2n) is 4.00. The molecule has 0 radical (unpaired) electrons. The molecule has 2 rings (SSSR count). The number of guanidine groups is 1. The second-order valence-corrected chi connectivity index (χ2v) is 4.00. The Balaban J connectivity index is 1.92. The average molecular weight is 281 g/mol. The number of halogens is 2. The highest BCUT2D eigenvalue weighted by atomic mass is 19.1. The molecule has 1 heterocycles. The van der Waals surface area contributed by atoms with Gasteiger partial charge in [0.15, 0.2) is 11.8 Å². The molecular formula is C12H13F2N5O. The summed E-state index contributed by atoms with van der Waals surface area (Å²) in [5, 5.41) is 6.12. The zero-order valence-electron chi connectivity index (χ0n) is 10.7. The molecule has 8 heteroatoms. The molecule has 0 aliphatic rings. The van der Waals surface area contributed by atoms with Gasteiger partial charge in [-0.1, -0.05) is 5.16 Å². The minimum atomic E-state index is -0.614. The fourth-order valence-electron chi connectivity index (χ4n) is 1.48. The van der Waals surface area contributed by atoms with Crippen molar-refractivity contribution in [1.29, 1.82) is 0 Å². The Morgan fingerprint density at radius 2 is 2.25 bits per heavy atom. The summed E-state index contributed by atoms with van der Waals surface area (Å²) in [5.74, 6) is -0.223. The number of aryl methyl sites for hydroxylation is 1. The van der Waals surface area contributed by atoms with Crippen molar-refractivity contribution in [2.24, 2.45) is 10.7 Å². The van der Waals surface area contributed by atoms with Crippen molar-refractivity contribution in [2.75, 3.05) is 11.9 Å². The van der Waals surface area contributed by atoms with Crippen molar-refractivity contribution < 1.29 is 13.3 Å². The predicted octanol–water partition coefficient (Wildman–Crippen LogP) is 1.63. The molecule has 0 unspecified atom stereocenters. The van der Waals surface area contributed by atoms with Crippen molar-refractivity contribution in [2.45, 2.75) is 13.3 Å². The molecule has 1 aromatic carbocycles. The van der Waals surface area contributed by atoms with E-state index in [-0.39, 0.29) is 18.2 Å². The first-order valence-electron chi connectivity index (χ1n) is 5.86. The van der Waals surface area contributed by atoms with Gasteiger partial charge >= 0.3 is 0 Å². The van der Waals surface area contributed by atoms with Gasteiger partial charge in [-0.25, -0.2) is 8.78 Å². The molecule has 0 aliphatic heterocycles. The van der Waals surface area contributed by atoms with Crippen molar-refractivity contribution >= 4 is 11.6 Å². The zero-order chi connectivity index (χ0) is 14.5. The van der Waals surface area contributed by atoms with E-state index in [1.165, 1.54) is 0 Å². The van der Waals surface area contributed by atoms with E-state index in [1.54, 1.807) is 6.92 Å². The maximum Gasteiger partial charge on any atom is 0.228 e. The van der Waals surface area contributed by atoms with E-state index in [0.717, 1.165) is 18.2 Å². The van der Waals surface area contributed by atoms with E-state index >= 15 is 0 Å². The highest BCUT2D eigenvalue weighted by Crippen LogP contribution is 2.14. The molecule has 0 amide bonds. The van der Waals surface area contributed by atoms with Gasteiger partial charge in [-0.15, -0.1) is 0 Å². The summed E-state index contributed by atoms with van der Waals surface area (Å²) in [6, 6.07) is 3.02. The first kappa shape index (κ1) is 13.9. The Labute approximate surface area is 113 Å². The van der Waals surface area contributed by atoms with Crippen LogP contribution in [0.15, 0.2) is 27.7 Å². The molecule has 0 saturated carbocycles. The Kier molecular flexibility index (Phi) is 4.24. The number of hydrogen-bond acceptors (Lipinski definition) is 4. The molecular weight excluding hydrogens is 268 g/mol. The third-order valence-electron chi connectivity index (χ3n) is 2.37. The van der Waals surface area contributed by atoms with Crippen LogP contribution < -0.4 is 11.1 Å². The molecule has 20 heavy (non-hydrogen) atoms. The first-order chi connectivity index (χ1) is 9.54. The maximum absolute atomic E-state index is 13.3. The van der Waals surface area contributed by atoms with Crippen LogP contribution in [0.5, 0.6) is 0 Å². The highest BCUT2D eigenvalue weighted by Gasteiger charge is 2.05. The standard InChI is InChI=1S/C12H13F2N5O/c1-7-17-11(20-19-7)4-5-16-12(15)18-10-6-8(13)2-3-9(10)14/h2-3,6H,4-5H2,1H3,(H3,15,16,18). The van der Waals surface area contributed by atoms with Crippen molar-refractivity contribution in [3.63, 3.8) is 0 Å². The SMILES string of the molecule is Cc1noc(CCN=C(N)Nc2cc(F)ccc2F)n1. The number of benzene rings is 1. The number of anilines is 1. The van der Waals surface area contributed by atoms with E-state index < -0.39 is 11.6 Å². The lowest BCUT2D eigenvalue weighted by Gasteiger charge is -2.06. The lowest BCUT2D eigenvalue weighted by Crippen LogP contribution is -2.23. The fraction of sp³-hybridized carbons (Fsp3) is 0.250. The minimum absolute atomic E-state index is 0.0225. The smallest absolute Gasteiger partial charge is 0.228 e. The molecule has 106 valence electrons. The Bertz CT molecular complexity index is 626. The van der Waals surface area contributed by atoms with Crippen LogP contribution in [0.1, 0.15) is 11.7 Å². The molecule has 2 aromatic rings. The largest absolute Gasteiger partial charge is 0.370 e. The summed E-state index contributed by atoms with van der Waals surface area (Å²) in [6.45, 7) is 2.00. The van der Waals surface area contributed by atoms with Crippen molar-refractivity contribution in [1.82, 2.24) is 10.1 Å². The molecule has 0 spiro atoms. The predicted molar refractivity (Wildman–Crippen MR) is 69.2 cm³/mol. The van der Waals surface area contributed by atoms with Gasteiger partial charge in [-0.2, -0.15) is 4.98 Å². The Morgan fingerprint density at radius 1 is 1.45 bits per heavy atom. The Morgan fingerprint density at radius 3 is 2.95 bits per heavy atom. The van der Waals surface area contributed by atoms with Gasteiger partial charge in [0, 0.05) is 12.5 Å². The maximum atomic E-state index is 13.3. The summed E-state index contributed by atoms with van der Waals surface area (Å²) in [6.07, 6.45) is 0.412. The van der Waals surface area contributed by atoms with Crippen LogP contribution in [0.2, 0.25) is 0 Å². The molecule has 0 saturated heterocycles. The summed E-state index contributed by atoms with van der Waals surface area (Å²) in [5.41, 5.74) is 5.51. The average Bonchev–Trinajstić information content (AvgIpc) is 2.80. The first-order valence-corrected chi connectivity index (χ1v) is 5.86. The van der Waals surface area contributed by atoms with E-state index in [9.17, 15) is 8.78 Å². The molecule has 0 atom stereocenters. The van der Waals surface area contributed by atoms with Crippen LogP contribution in [0.25, 0.3) is 0 Å². The van der Waals surface area contributed by atoms with Crippen LogP contribution in [0.3, 0.4) is 0 Å². The monoisotopic (exact) mass is 281 g/mol. The second kappa shape index (κ2) is 6.09. The van der Waals surface area contributed by atoms with Gasteiger partial charge in [-0.3, -0.25) is 4.99 Å². The van der Waals surface area contributed by atoms with E-state index in [4.69, 9.17) is 10.3 Å². The van der Waals surface area contributed by atoms with E-state index in [0.29, 0.717) is 18.1 Å². The van der Waals surface area contributed by atoms with E-state index in [2.05, 4.69) is 20.4 Å². The number of nitrogens with two attached hydrogens (primary N) is 1. The minimum Gasteiger partial charge on any atom is -0.370 e. The summed E-state index contributed by atoms with van der Waals surface area (Å²) >= 11 is 0. The van der Waals surface area contributed by atoms with Crippen LogP contribution in [0.4, 0.5) is 14.5 Å². The Hall–Kier alpha value is -2.51. The molecule has 0 aliphatic carbocycles. The number of aliphatic imine (C=N–C) groups is 1. The quantitative estimate of drug-likeness (QED) is 0.656.